The van der Waals surface area contributed by atoms with Gasteiger partial charge in [0.15, 0.2) is 0 Å². The van der Waals surface area contributed by atoms with Crippen molar-refractivity contribution in [3.63, 3.8) is 0 Å². The van der Waals surface area contributed by atoms with Crippen LogP contribution in [-0.2, 0) is 4.79 Å². The molecule has 1 aliphatic rings. The van der Waals surface area contributed by atoms with Crippen LogP contribution in [0.4, 0.5) is 10.2 Å². The molecule has 0 fully saturated rings. The number of hydrogen-bond acceptors (Lipinski definition) is 5. The van der Waals surface area contributed by atoms with Gasteiger partial charge in [0.2, 0.25) is 11.0 Å². The molecule has 0 bridgehead atoms. The Morgan fingerprint density at radius 3 is 2.97 bits per heavy atom. The zero-order valence-corrected chi connectivity index (χ0v) is 19.2. The number of carbonyl (C=O) groups excluding carboxylic acids is 1. The lowest BCUT2D eigenvalue weighted by atomic mass is 9.85. The number of ether oxygens (including phenoxy) is 1. The summed E-state index contributed by atoms with van der Waals surface area (Å²) in [5, 5.41) is 8.22. The molecule has 1 amide bonds. The van der Waals surface area contributed by atoms with Gasteiger partial charge in [-0.25, -0.2) is 9.37 Å². The largest absolute Gasteiger partial charge is 0.494 e. The van der Waals surface area contributed by atoms with Crippen LogP contribution in [0.25, 0.3) is 15.3 Å². The maximum Gasteiger partial charge on any atom is 0.226 e. The average molecular weight is 501 g/mol. The van der Waals surface area contributed by atoms with Gasteiger partial charge in [-0.2, -0.15) is 9.78 Å². The summed E-state index contributed by atoms with van der Waals surface area (Å²) < 4.78 is 23.6. The number of hydrogen-bond donors (Lipinski definition) is 1. The zero-order chi connectivity index (χ0) is 21.7. The fourth-order valence-electron chi connectivity index (χ4n) is 3.97. The number of anilines is 1. The van der Waals surface area contributed by atoms with Gasteiger partial charge in [0.05, 0.1) is 22.5 Å². The molecule has 5 rings (SSSR count). The summed E-state index contributed by atoms with van der Waals surface area (Å²) >= 11 is 4.87. The monoisotopic (exact) mass is 500 g/mol. The Balaban J connectivity index is 1.64. The fourth-order valence-corrected chi connectivity index (χ4v) is 5.30. The number of nitrogens with zero attached hydrogens (tertiary/aromatic N) is 3. The number of carbonyl (C=O) groups is 1. The first kappa shape index (κ1) is 20.1. The molecule has 1 aliphatic heterocycles. The van der Waals surface area contributed by atoms with Crippen molar-refractivity contribution >= 4 is 49.2 Å². The minimum absolute atomic E-state index is 0.157. The van der Waals surface area contributed by atoms with Crippen molar-refractivity contribution in [2.75, 3.05) is 11.9 Å². The van der Waals surface area contributed by atoms with Gasteiger partial charge in [-0.15, -0.1) is 0 Å². The molecule has 0 saturated heterocycles. The molecule has 2 aromatic heterocycles. The van der Waals surface area contributed by atoms with Crippen LogP contribution in [-0.4, -0.2) is 27.3 Å². The topological polar surface area (TPSA) is 69.0 Å². The van der Waals surface area contributed by atoms with Crippen LogP contribution in [0.1, 0.15) is 36.1 Å². The number of halogens is 2. The van der Waals surface area contributed by atoms with Gasteiger partial charge >= 0.3 is 0 Å². The molecule has 1 N–H and O–H groups in total. The van der Waals surface area contributed by atoms with E-state index in [1.54, 1.807) is 16.8 Å². The Hall–Kier alpha value is -2.78. The normalized spacial score (nSPS) is 15.7. The highest BCUT2D eigenvalue weighted by Crippen LogP contribution is 2.42. The SMILES string of the molecule is CCOc1ccc2nc(-n3nc(C)c4c3NC(=O)C[C@@H]4c3cc(Br)ccc3F)sc2c1. The average Bonchev–Trinajstić information content (AvgIpc) is 3.30. The number of nitrogens with one attached hydrogen (secondary N) is 1. The molecule has 3 heterocycles. The van der Waals surface area contributed by atoms with Crippen molar-refractivity contribution in [3.8, 4) is 10.9 Å². The Kier molecular flexibility index (Phi) is 5.02. The summed E-state index contributed by atoms with van der Waals surface area (Å²) in [5.41, 5.74) is 2.83. The van der Waals surface area contributed by atoms with E-state index in [1.165, 1.54) is 17.4 Å². The van der Waals surface area contributed by atoms with Crippen LogP contribution < -0.4 is 10.1 Å². The van der Waals surface area contributed by atoms with E-state index >= 15 is 0 Å². The van der Waals surface area contributed by atoms with E-state index in [4.69, 9.17) is 9.72 Å². The molecule has 4 aromatic rings. The van der Waals surface area contributed by atoms with E-state index in [-0.39, 0.29) is 18.1 Å². The third kappa shape index (κ3) is 3.51. The van der Waals surface area contributed by atoms with Crippen molar-refractivity contribution in [2.24, 2.45) is 0 Å². The van der Waals surface area contributed by atoms with Crippen molar-refractivity contribution in [1.29, 1.82) is 0 Å². The molecule has 0 saturated carbocycles. The molecule has 0 radical (unpaired) electrons. The van der Waals surface area contributed by atoms with Gasteiger partial charge in [0.25, 0.3) is 0 Å². The lowest BCUT2D eigenvalue weighted by Crippen LogP contribution is -2.25. The second-order valence-corrected chi connectivity index (χ2v) is 9.21. The first-order valence-corrected chi connectivity index (χ1v) is 11.4. The quantitative estimate of drug-likeness (QED) is 0.397. The summed E-state index contributed by atoms with van der Waals surface area (Å²) in [6.07, 6.45) is 0.157. The van der Waals surface area contributed by atoms with Gasteiger partial charge < -0.3 is 10.1 Å². The second-order valence-electron chi connectivity index (χ2n) is 7.29. The third-order valence-corrected chi connectivity index (χ3v) is 6.76. The van der Waals surface area contributed by atoms with Gasteiger partial charge in [-0.1, -0.05) is 27.3 Å². The molecule has 6 nitrogen and oxygen atoms in total. The van der Waals surface area contributed by atoms with E-state index in [2.05, 4.69) is 26.3 Å². The number of rotatable bonds is 4. The van der Waals surface area contributed by atoms with Crippen molar-refractivity contribution in [2.45, 2.75) is 26.2 Å². The first-order chi connectivity index (χ1) is 14.9. The Labute approximate surface area is 190 Å². The van der Waals surface area contributed by atoms with E-state index in [9.17, 15) is 9.18 Å². The van der Waals surface area contributed by atoms with E-state index in [0.717, 1.165) is 31.7 Å². The number of thiazole rings is 1. The van der Waals surface area contributed by atoms with Crippen LogP contribution in [0, 0.1) is 12.7 Å². The van der Waals surface area contributed by atoms with E-state index < -0.39 is 5.92 Å². The molecule has 158 valence electrons. The third-order valence-electron chi connectivity index (χ3n) is 5.28. The summed E-state index contributed by atoms with van der Waals surface area (Å²) in [5.74, 6) is 0.376. The Morgan fingerprint density at radius 1 is 1.32 bits per heavy atom. The number of fused-ring (bicyclic) bond motifs is 2. The minimum atomic E-state index is -0.422. The first-order valence-electron chi connectivity index (χ1n) is 9.82. The predicted octanol–water partition coefficient (Wildman–Crippen LogP) is 5.56. The van der Waals surface area contributed by atoms with Gasteiger partial charge in [-0.05, 0) is 55.8 Å². The molecular formula is C22H18BrFN4O2S. The van der Waals surface area contributed by atoms with Gasteiger partial charge in [0.1, 0.15) is 17.4 Å². The molecule has 9 heteroatoms. The minimum Gasteiger partial charge on any atom is -0.494 e. The molecule has 2 aromatic carbocycles. The summed E-state index contributed by atoms with van der Waals surface area (Å²) in [6, 6.07) is 10.5. The van der Waals surface area contributed by atoms with Crippen molar-refractivity contribution in [1.82, 2.24) is 14.8 Å². The highest BCUT2D eigenvalue weighted by molar-refractivity contribution is 9.10. The molecule has 0 unspecified atom stereocenters. The van der Waals surface area contributed by atoms with Gasteiger partial charge in [0, 0.05) is 22.4 Å². The lowest BCUT2D eigenvalue weighted by molar-refractivity contribution is -0.116. The summed E-state index contributed by atoms with van der Waals surface area (Å²) in [4.78, 5) is 17.3. The van der Waals surface area contributed by atoms with Crippen LogP contribution in [0.15, 0.2) is 40.9 Å². The molecule has 0 aliphatic carbocycles. The number of aromatic nitrogens is 3. The van der Waals surface area contributed by atoms with Gasteiger partial charge in [-0.3, -0.25) is 4.79 Å². The molecular weight excluding hydrogens is 483 g/mol. The number of benzene rings is 2. The second kappa shape index (κ2) is 7.72. The zero-order valence-electron chi connectivity index (χ0n) is 16.8. The van der Waals surface area contributed by atoms with E-state index in [1.807, 2.05) is 32.0 Å². The Bertz CT molecular complexity index is 1330. The van der Waals surface area contributed by atoms with Crippen LogP contribution in [0.5, 0.6) is 5.75 Å². The highest BCUT2D eigenvalue weighted by atomic mass is 79.9. The summed E-state index contributed by atoms with van der Waals surface area (Å²) in [7, 11) is 0. The maximum atomic E-state index is 14.7. The predicted molar refractivity (Wildman–Crippen MR) is 122 cm³/mol. The van der Waals surface area contributed by atoms with Crippen molar-refractivity contribution in [3.05, 3.63) is 63.5 Å². The molecule has 0 spiro atoms. The fraction of sp³-hybridized carbons (Fsp3) is 0.227. The maximum absolute atomic E-state index is 14.7. The highest BCUT2D eigenvalue weighted by Gasteiger charge is 2.34. The molecule has 31 heavy (non-hydrogen) atoms. The smallest absolute Gasteiger partial charge is 0.226 e. The van der Waals surface area contributed by atoms with E-state index in [0.29, 0.717) is 23.1 Å². The number of amides is 1. The number of aryl methyl sites for hydroxylation is 1. The standard InChI is InChI=1S/C22H18BrFN4O2S/c1-3-30-13-5-7-17-18(9-13)31-22(25-17)28-21-20(11(2)27-28)15(10-19(29)26-21)14-8-12(23)4-6-16(14)24/h4-9,15H,3,10H2,1-2H3,(H,26,29)/t15-/m1/s1. The Morgan fingerprint density at radius 2 is 2.16 bits per heavy atom. The molecule has 1 atom stereocenters. The lowest BCUT2D eigenvalue weighted by Gasteiger charge is -2.24. The summed E-state index contributed by atoms with van der Waals surface area (Å²) in [6.45, 7) is 4.40. The van der Waals surface area contributed by atoms with Crippen LogP contribution >= 0.6 is 27.3 Å². The van der Waals surface area contributed by atoms with Crippen LogP contribution in [0.2, 0.25) is 0 Å². The van der Waals surface area contributed by atoms with Crippen LogP contribution in [0.3, 0.4) is 0 Å². The van der Waals surface area contributed by atoms with Crippen molar-refractivity contribution < 1.29 is 13.9 Å².